The summed E-state index contributed by atoms with van der Waals surface area (Å²) in [7, 11) is 1.83. The highest BCUT2D eigenvalue weighted by atomic mass is 16.1. The van der Waals surface area contributed by atoms with E-state index in [9.17, 15) is 4.79 Å². The third-order valence-corrected chi connectivity index (χ3v) is 3.75. The highest BCUT2D eigenvalue weighted by Crippen LogP contribution is 2.33. The predicted molar refractivity (Wildman–Crippen MR) is 68.1 cm³/mol. The van der Waals surface area contributed by atoms with Crippen LogP contribution in [0.15, 0.2) is 18.3 Å². The standard InChI is InChI=1S/C14H20N2O/c1-14(2,15-3)13(17)11-8-4-6-10-7-5-9-16-12(10)11/h5,7,9,11,15H,4,6,8H2,1-3H3. The smallest absolute Gasteiger partial charge is 0.161 e. The molecule has 3 nitrogen and oxygen atoms in total. The molecule has 3 heteroatoms. The summed E-state index contributed by atoms with van der Waals surface area (Å²) in [5.74, 6) is 0.210. The van der Waals surface area contributed by atoms with Crippen LogP contribution in [0.3, 0.4) is 0 Å². The topological polar surface area (TPSA) is 42.0 Å². The number of aromatic nitrogens is 1. The van der Waals surface area contributed by atoms with Gasteiger partial charge in [0, 0.05) is 6.20 Å². The minimum Gasteiger partial charge on any atom is -0.308 e. The Bertz CT molecular complexity index is 426. The Morgan fingerprint density at radius 1 is 1.53 bits per heavy atom. The lowest BCUT2D eigenvalue weighted by molar-refractivity contribution is -0.126. The van der Waals surface area contributed by atoms with E-state index in [0.717, 1.165) is 25.0 Å². The fourth-order valence-corrected chi connectivity index (χ4v) is 2.42. The van der Waals surface area contributed by atoms with E-state index in [1.807, 2.05) is 27.0 Å². The van der Waals surface area contributed by atoms with Crippen LogP contribution in [-0.4, -0.2) is 23.4 Å². The molecule has 1 aromatic heterocycles. The number of carbonyl (C=O) groups is 1. The van der Waals surface area contributed by atoms with Gasteiger partial charge in [0.15, 0.2) is 5.78 Å². The molecule has 1 heterocycles. The number of carbonyl (C=O) groups excluding carboxylic acids is 1. The number of rotatable bonds is 3. The molecular weight excluding hydrogens is 212 g/mol. The molecule has 0 amide bonds. The van der Waals surface area contributed by atoms with Crippen molar-refractivity contribution in [2.75, 3.05) is 7.05 Å². The van der Waals surface area contributed by atoms with Crippen molar-refractivity contribution in [2.45, 2.75) is 44.6 Å². The second-order valence-electron chi connectivity index (χ2n) is 5.23. The van der Waals surface area contributed by atoms with Gasteiger partial charge in [-0.1, -0.05) is 6.07 Å². The van der Waals surface area contributed by atoms with Crippen molar-refractivity contribution in [3.05, 3.63) is 29.6 Å². The van der Waals surface area contributed by atoms with Crippen LogP contribution >= 0.6 is 0 Å². The number of hydrogen-bond acceptors (Lipinski definition) is 3. The number of nitrogens with zero attached hydrogens (tertiary/aromatic N) is 1. The lowest BCUT2D eigenvalue weighted by Gasteiger charge is -2.30. The van der Waals surface area contributed by atoms with Crippen LogP contribution in [0.5, 0.6) is 0 Å². The van der Waals surface area contributed by atoms with Gasteiger partial charge in [0.05, 0.1) is 17.2 Å². The lowest BCUT2D eigenvalue weighted by Crippen LogP contribution is -2.47. The molecule has 92 valence electrons. The van der Waals surface area contributed by atoms with Crippen LogP contribution in [0.4, 0.5) is 0 Å². The van der Waals surface area contributed by atoms with Gasteiger partial charge in [-0.3, -0.25) is 9.78 Å². The largest absolute Gasteiger partial charge is 0.308 e. The van der Waals surface area contributed by atoms with Gasteiger partial charge in [-0.25, -0.2) is 0 Å². The lowest BCUT2D eigenvalue weighted by atomic mass is 9.78. The Kier molecular flexibility index (Phi) is 3.29. The first-order chi connectivity index (χ1) is 8.06. The van der Waals surface area contributed by atoms with Crippen molar-refractivity contribution in [1.29, 1.82) is 0 Å². The molecule has 1 atom stereocenters. The fourth-order valence-electron chi connectivity index (χ4n) is 2.42. The zero-order valence-electron chi connectivity index (χ0n) is 10.8. The third-order valence-electron chi connectivity index (χ3n) is 3.75. The molecular formula is C14H20N2O. The van der Waals surface area contributed by atoms with Crippen molar-refractivity contribution >= 4 is 5.78 Å². The fraction of sp³-hybridized carbons (Fsp3) is 0.571. The van der Waals surface area contributed by atoms with E-state index in [4.69, 9.17) is 0 Å². The molecule has 0 fully saturated rings. The number of Topliss-reactive ketones (excluding diaryl/α,β-unsaturated/α-hetero) is 1. The minimum absolute atomic E-state index is 0.0394. The molecule has 0 aromatic carbocycles. The monoisotopic (exact) mass is 232 g/mol. The Morgan fingerprint density at radius 3 is 3.00 bits per heavy atom. The summed E-state index contributed by atoms with van der Waals surface area (Å²) in [6, 6.07) is 4.04. The van der Waals surface area contributed by atoms with E-state index >= 15 is 0 Å². The van der Waals surface area contributed by atoms with Crippen LogP contribution in [0, 0.1) is 0 Å². The van der Waals surface area contributed by atoms with E-state index in [0.29, 0.717) is 0 Å². The average Bonchev–Trinajstić information content (AvgIpc) is 2.37. The van der Waals surface area contributed by atoms with Gasteiger partial charge in [0.25, 0.3) is 0 Å². The van der Waals surface area contributed by atoms with Gasteiger partial charge in [0.2, 0.25) is 0 Å². The molecule has 0 spiro atoms. The third kappa shape index (κ3) is 2.25. The molecule has 1 aromatic rings. The summed E-state index contributed by atoms with van der Waals surface area (Å²) in [5.41, 5.74) is 1.76. The van der Waals surface area contributed by atoms with Gasteiger partial charge < -0.3 is 5.32 Å². The molecule has 1 aliphatic rings. The van der Waals surface area contributed by atoms with Crippen LogP contribution < -0.4 is 5.32 Å². The number of ketones is 1. The van der Waals surface area contributed by atoms with Gasteiger partial charge in [-0.05, 0) is 51.8 Å². The summed E-state index contributed by atoms with van der Waals surface area (Å²) in [4.78, 5) is 16.9. The molecule has 2 rings (SSSR count). The Hall–Kier alpha value is -1.22. The van der Waals surface area contributed by atoms with E-state index < -0.39 is 5.54 Å². The maximum atomic E-state index is 12.5. The van der Waals surface area contributed by atoms with Crippen molar-refractivity contribution in [2.24, 2.45) is 0 Å². The molecule has 0 saturated heterocycles. The van der Waals surface area contributed by atoms with E-state index in [1.165, 1.54) is 5.56 Å². The maximum absolute atomic E-state index is 12.5. The Balaban J connectivity index is 2.33. The molecule has 0 aliphatic heterocycles. The number of aryl methyl sites for hydroxylation is 1. The summed E-state index contributed by atoms with van der Waals surface area (Å²) >= 11 is 0. The van der Waals surface area contributed by atoms with Gasteiger partial charge in [-0.15, -0.1) is 0 Å². The molecule has 0 bridgehead atoms. The summed E-state index contributed by atoms with van der Waals surface area (Å²) < 4.78 is 0. The Morgan fingerprint density at radius 2 is 2.29 bits per heavy atom. The molecule has 0 saturated carbocycles. The van der Waals surface area contributed by atoms with Crippen molar-refractivity contribution in [3.8, 4) is 0 Å². The van der Waals surface area contributed by atoms with Crippen LogP contribution in [0.25, 0.3) is 0 Å². The van der Waals surface area contributed by atoms with Crippen molar-refractivity contribution in [3.63, 3.8) is 0 Å². The second kappa shape index (κ2) is 4.57. The normalized spacial score (nSPS) is 19.8. The van der Waals surface area contributed by atoms with Crippen molar-refractivity contribution < 1.29 is 4.79 Å². The van der Waals surface area contributed by atoms with Crippen LogP contribution in [0.2, 0.25) is 0 Å². The molecule has 1 N–H and O–H groups in total. The van der Waals surface area contributed by atoms with Crippen LogP contribution in [-0.2, 0) is 11.2 Å². The first-order valence-corrected chi connectivity index (χ1v) is 6.23. The number of nitrogens with one attached hydrogen (secondary N) is 1. The van der Waals surface area contributed by atoms with E-state index in [2.05, 4.69) is 16.4 Å². The quantitative estimate of drug-likeness (QED) is 0.867. The zero-order valence-corrected chi connectivity index (χ0v) is 10.8. The van der Waals surface area contributed by atoms with Gasteiger partial charge in [-0.2, -0.15) is 0 Å². The number of hydrogen-bond donors (Lipinski definition) is 1. The first kappa shape index (κ1) is 12.2. The highest BCUT2D eigenvalue weighted by molar-refractivity contribution is 5.93. The number of fused-ring (bicyclic) bond motifs is 1. The Labute approximate surface area is 103 Å². The number of likely N-dealkylation sites (N-methyl/N-ethyl adjacent to an activating group) is 1. The summed E-state index contributed by atoms with van der Waals surface area (Å²) in [6.45, 7) is 3.87. The first-order valence-electron chi connectivity index (χ1n) is 6.23. The average molecular weight is 232 g/mol. The molecule has 1 unspecified atom stereocenters. The molecule has 1 aliphatic carbocycles. The van der Waals surface area contributed by atoms with Gasteiger partial charge >= 0.3 is 0 Å². The number of pyridine rings is 1. The van der Waals surface area contributed by atoms with E-state index in [-0.39, 0.29) is 11.7 Å². The SMILES string of the molecule is CNC(C)(C)C(=O)C1CCCc2cccnc21. The summed E-state index contributed by atoms with van der Waals surface area (Å²) in [6.07, 6.45) is 4.84. The zero-order chi connectivity index (χ0) is 12.5. The van der Waals surface area contributed by atoms with Crippen LogP contribution in [0.1, 0.15) is 43.9 Å². The van der Waals surface area contributed by atoms with Crippen molar-refractivity contribution in [1.82, 2.24) is 10.3 Å². The highest BCUT2D eigenvalue weighted by Gasteiger charge is 2.36. The predicted octanol–water partition coefficient (Wildman–Crippen LogP) is 2.07. The molecule has 0 radical (unpaired) electrons. The van der Waals surface area contributed by atoms with Gasteiger partial charge in [0.1, 0.15) is 0 Å². The summed E-state index contributed by atoms with van der Waals surface area (Å²) in [5, 5.41) is 3.09. The maximum Gasteiger partial charge on any atom is 0.161 e. The minimum atomic E-state index is -0.475. The van der Waals surface area contributed by atoms with E-state index in [1.54, 1.807) is 6.20 Å². The molecule has 17 heavy (non-hydrogen) atoms. The second-order valence-corrected chi connectivity index (χ2v) is 5.23.